The number of ether oxygens (including phenoxy) is 1. The fourth-order valence-corrected chi connectivity index (χ4v) is 3.71. The van der Waals surface area contributed by atoms with Gasteiger partial charge in [0.1, 0.15) is 5.82 Å². The summed E-state index contributed by atoms with van der Waals surface area (Å²) in [5.74, 6) is 2.89. The van der Waals surface area contributed by atoms with E-state index in [1.165, 1.54) is 11.1 Å². The Kier molecular flexibility index (Phi) is 4.04. The Balaban J connectivity index is 1.32. The van der Waals surface area contributed by atoms with Crippen molar-refractivity contribution in [3.8, 4) is 0 Å². The highest BCUT2D eigenvalue weighted by Crippen LogP contribution is 2.39. The third-order valence-electron chi connectivity index (χ3n) is 5.21. The molecule has 23 heavy (non-hydrogen) atoms. The van der Waals surface area contributed by atoms with Crippen LogP contribution in [0.3, 0.4) is 0 Å². The minimum Gasteiger partial charge on any atom is -0.381 e. The van der Waals surface area contributed by atoms with Crippen molar-refractivity contribution in [2.45, 2.75) is 50.5 Å². The Morgan fingerprint density at radius 3 is 2.70 bits per heavy atom. The molecule has 1 saturated heterocycles. The lowest BCUT2D eigenvalue weighted by molar-refractivity contribution is 0.0836. The predicted octanol–water partition coefficient (Wildman–Crippen LogP) is 3.37. The van der Waals surface area contributed by atoms with Crippen molar-refractivity contribution in [2.24, 2.45) is 0 Å². The number of hydrogen-bond acceptors (Lipinski definition) is 4. The number of anilines is 1. The molecule has 0 amide bonds. The van der Waals surface area contributed by atoms with Gasteiger partial charge in [0.05, 0.1) is 0 Å². The highest BCUT2D eigenvalue weighted by atomic mass is 16.5. The van der Waals surface area contributed by atoms with Crippen LogP contribution >= 0.6 is 0 Å². The van der Waals surface area contributed by atoms with Crippen molar-refractivity contribution >= 4 is 5.95 Å². The fraction of sp³-hybridized carbons (Fsp3) is 0.556. The van der Waals surface area contributed by atoms with Crippen LogP contribution in [0.15, 0.2) is 24.3 Å². The maximum absolute atomic E-state index is 5.40. The average molecular weight is 312 g/mol. The summed E-state index contributed by atoms with van der Waals surface area (Å²) in [6, 6.07) is 9.19. The second-order valence-electron chi connectivity index (χ2n) is 6.80. The van der Waals surface area contributed by atoms with Gasteiger partial charge in [0, 0.05) is 25.2 Å². The van der Waals surface area contributed by atoms with Gasteiger partial charge in [-0.25, -0.2) is 0 Å². The summed E-state index contributed by atoms with van der Waals surface area (Å²) in [4.78, 5) is 4.64. The Morgan fingerprint density at radius 1 is 1.13 bits per heavy atom. The molecule has 2 N–H and O–H groups in total. The van der Waals surface area contributed by atoms with Crippen molar-refractivity contribution in [1.29, 1.82) is 0 Å². The van der Waals surface area contributed by atoms with Gasteiger partial charge in [-0.1, -0.05) is 24.3 Å². The first-order valence-corrected chi connectivity index (χ1v) is 8.61. The zero-order valence-electron chi connectivity index (χ0n) is 13.6. The Bertz CT molecular complexity index is 657. The molecule has 1 aromatic heterocycles. The first-order valence-electron chi connectivity index (χ1n) is 8.61. The van der Waals surface area contributed by atoms with Crippen LogP contribution in [-0.4, -0.2) is 34.4 Å². The van der Waals surface area contributed by atoms with E-state index in [0.29, 0.717) is 17.9 Å². The van der Waals surface area contributed by atoms with Gasteiger partial charge in [-0.2, -0.15) is 4.98 Å². The van der Waals surface area contributed by atoms with Gasteiger partial charge in [-0.05, 0) is 49.7 Å². The van der Waals surface area contributed by atoms with Crippen LogP contribution in [0.2, 0.25) is 0 Å². The topological polar surface area (TPSA) is 62.8 Å². The monoisotopic (exact) mass is 312 g/mol. The molecule has 5 nitrogen and oxygen atoms in total. The zero-order valence-corrected chi connectivity index (χ0v) is 13.6. The molecule has 0 radical (unpaired) electrons. The largest absolute Gasteiger partial charge is 0.381 e. The van der Waals surface area contributed by atoms with Crippen LogP contribution in [-0.2, 0) is 4.74 Å². The quantitative estimate of drug-likeness (QED) is 0.908. The first kappa shape index (κ1) is 14.7. The fourth-order valence-electron chi connectivity index (χ4n) is 3.71. The molecule has 0 bridgehead atoms. The van der Waals surface area contributed by atoms with Crippen molar-refractivity contribution in [3.63, 3.8) is 0 Å². The van der Waals surface area contributed by atoms with Gasteiger partial charge >= 0.3 is 0 Å². The summed E-state index contributed by atoms with van der Waals surface area (Å²) < 4.78 is 5.40. The van der Waals surface area contributed by atoms with Gasteiger partial charge < -0.3 is 10.1 Å². The molecule has 1 aromatic carbocycles. The molecule has 5 heteroatoms. The number of aryl methyl sites for hydroxylation is 1. The minimum atomic E-state index is 0.466. The summed E-state index contributed by atoms with van der Waals surface area (Å²) in [7, 11) is 0. The van der Waals surface area contributed by atoms with E-state index in [0.717, 1.165) is 50.7 Å². The molecule has 0 unspecified atom stereocenters. The molecule has 0 spiro atoms. The zero-order chi connectivity index (χ0) is 15.6. The van der Waals surface area contributed by atoms with E-state index in [9.17, 15) is 0 Å². The molecule has 122 valence electrons. The van der Waals surface area contributed by atoms with Crippen LogP contribution in [0.4, 0.5) is 5.95 Å². The lowest BCUT2D eigenvalue weighted by Crippen LogP contribution is -2.34. The van der Waals surface area contributed by atoms with Crippen LogP contribution < -0.4 is 5.32 Å². The number of hydrogen-bond donors (Lipinski definition) is 2. The van der Waals surface area contributed by atoms with Crippen LogP contribution in [0, 0.1) is 6.92 Å². The highest BCUT2D eigenvalue weighted by molar-refractivity contribution is 5.34. The third-order valence-corrected chi connectivity index (χ3v) is 5.21. The number of rotatable bonds is 4. The van der Waals surface area contributed by atoms with Crippen molar-refractivity contribution in [3.05, 3.63) is 41.2 Å². The molecule has 2 heterocycles. The predicted molar refractivity (Wildman–Crippen MR) is 89.7 cm³/mol. The third kappa shape index (κ3) is 3.11. The molecule has 1 aliphatic carbocycles. The minimum absolute atomic E-state index is 0.466. The lowest BCUT2D eigenvalue weighted by atomic mass is 9.74. The Labute approximate surface area is 136 Å². The molecule has 1 aliphatic heterocycles. The summed E-state index contributed by atoms with van der Waals surface area (Å²) in [6.07, 6.45) is 4.39. The second-order valence-corrected chi connectivity index (χ2v) is 6.80. The van der Waals surface area contributed by atoms with Gasteiger partial charge in [0.2, 0.25) is 5.95 Å². The molecular formula is C18H24N4O. The van der Waals surface area contributed by atoms with Crippen molar-refractivity contribution in [1.82, 2.24) is 15.2 Å². The van der Waals surface area contributed by atoms with E-state index >= 15 is 0 Å². The van der Waals surface area contributed by atoms with Gasteiger partial charge in [-0.15, -0.1) is 5.10 Å². The average Bonchev–Trinajstić information content (AvgIpc) is 3.01. The number of benzene rings is 1. The van der Waals surface area contributed by atoms with Gasteiger partial charge in [0.15, 0.2) is 0 Å². The summed E-state index contributed by atoms with van der Waals surface area (Å²) in [5.41, 5.74) is 2.89. The lowest BCUT2D eigenvalue weighted by Gasteiger charge is -2.36. The van der Waals surface area contributed by atoms with Crippen molar-refractivity contribution in [2.75, 3.05) is 18.5 Å². The first-order chi connectivity index (χ1) is 11.3. The maximum atomic E-state index is 5.40. The molecule has 2 aliphatic rings. The Hall–Kier alpha value is -1.88. The smallest absolute Gasteiger partial charge is 0.242 e. The second kappa shape index (κ2) is 6.32. The van der Waals surface area contributed by atoms with Crippen LogP contribution in [0.1, 0.15) is 54.5 Å². The number of nitrogens with one attached hydrogen (secondary N) is 2. The number of aromatic amines is 1. The maximum Gasteiger partial charge on any atom is 0.242 e. The van der Waals surface area contributed by atoms with Crippen LogP contribution in [0.25, 0.3) is 0 Å². The molecule has 1 saturated carbocycles. The number of nitrogens with zero attached hydrogens (tertiary/aromatic N) is 2. The summed E-state index contributed by atoms with van der Waals surface area (Å²) >= 11 is 0. The SMILES string of the molecule is Cc1ccccc1C1CC(Nc2n[nH]c(C3CCOCC3)n2)C1. The van der Waals surface area contributed by atoms with E-state index in [2.05, 4.69) is 51.7 Å². The molecule has 4 rings (SSSR count). The van der Waals surface area contributed by atoms with Crippen LogP contribution in [0.5, 0.6) is 0 Å². The van der Waals surface area contributed by atoms with E-state index < -0.39 is 0 Å². The van der Waals surface area contributed by atoms with E-state index in [-0.39, 0.29) is 0 Å². The normalized spacial score (nSPS) is 25.1. The number of aromatic nitrogens is 3. The molecule has 0 atom stereocenters. The van der Waals surface area contributed by atoms with Crippen molar-refractivity contribution < 1.29 is 4.74 Å². The van der Waals surface area contributed by atoms with Gasteiger partial charge in [-0.3, -0.25) is 5.10 Å². The molecule has 2 fully saturated rings. The number of H-pyrrole nitrogens is 1. The summed E-state index contributed by atoms with van der Waals surface area (Å²) in [6.45, 7) is 3.86. The van der Waals surface area contributed by atoms with Gasteiger partial charge in [0.25, 0.3) is 0 Å². The molecular weight excluding hydrogens is 288 g/mol. The highest BCUT2D eigenvalue weighted by Gasteiger charge is 2.32. The standard InChI is InChI=1S/C18H24N4O/c1-12-4-2-3-5-16(12)14-10-15(11-14)19-18-20-17(21-22-18)13-6-8-23-9-7-13/h2-5,13-15H,6-11H2,1H3,(H2,19,20,21,22). The molecule has 2 aromatic rings. The Morgan fingerprint density at radius 2 is 1.91 bits per heavy atom. The van der Waals surface area contributed by atoms with E-state index in [1.807, 2.05) is 0 Å². The summed E-state index contributed by atoms with van der Waals surface area (Å²) in [5, 5.41) is 10.9. The van der Waals surface area contributed by atoms with E-state index in [1.54, 1.807) is 0 Å². The van der Waals surface area contributed by atoms with E-state index in [4.69, 9.17) is 4.74 Å².